The van der Waals surface area contributed by atoms with Gasteiger partial charge in [0, 0.05) is 0 Å². The van der Waals surface area contributed by atoms with Crippen LogP contribution in [-0.4, -0.2) is 25.9 Å². The van der Waals surface area contributed by atoms with Crippen LogP contribution in [0.1, 0.15) is 44.7 Å². The first-order valence-electron chi connectivity index (χ1n) is 7.38. The molecule has 0 spiro atoms. The highest BCUT2D eigenvalue weighted by Gasteiger charge is 2.30. The van der Waals surface area contributed by atoms with E-state index in [0.717, 1.165) is 31.4 Å². The Balaban J connectivity index is 2.19. The van der Waals surface area contributed by atoms with E-state index in [0.29, 0.717) is 0 Å². The first-order valence-corrected chi connectivity index (χ1v) is 7.38. The third kappa shape index (κ3) is 3.49. The summed E-state index contributed by atoms with van der Waals surface area (Å²) in [5.41, 5.74) is 0.927. The van der Waals surface area contributed by atoms with Gasteiger partial charge in [-0.3, -0.25) is 0 Å². The van der Waals surface area contributed by atoms with E-state index in [1.807, 2.05) is 6.07 Å². The Morgan fingerprint density at radius 2 is 2.25 bits per heavy atom. The van der Waals surface area contributed by atoms with Gasteiger partial charge in [-0.25, -0.2) is 4.39 Å². The number of hydrogen-bond donors (Lipinski definition) is 1. The summed E-state index contributed by atoms with van der Waals surface area (Å²) >= 11 is 0. The molecule has 0 aromatic heterocycles. The first-order chi connectivity index (χ1) is 9.65. The minimum atomic E-state index is -0.320. The van der Waals surface area contributed by atoms with E-state index in [-0.39, 0.29) is 29.8 Å². The van der Waals surface area contributed by atoms with Gasteiger partial charge >= 0.3 is 0 Å². The molecule has 1 aliphatic rings. The van der Waals surface area contributed by atoms with Crippen LogP contribution < -0.4 is 10.1 Å². The zero-order valence-electron chi connectivity index (χ0n) is 12.5. The maximum absolute atomic E-state index is 13.9. The van der Waals surface area contributed by atoms with Crippen molar-refractivity contribution in [2.75, 3.05) is 13.7 Å². The van der Waals surface area contributed by atoms with Crippen molar-refractivity contribution in [2.24, 2.45) is 0 Å². The lowest BCUT2D eigenvalue weighted by Crippen LogP contribution is -2.32. The number of benzene rings is 1. The van der Waals surface area contributed by atoms with Crippen LogP contribution in [0.15, 0.2) is 18.2 Å². The van der Waals surface area contributed by atoms with Crippen LogP contribution in [0, 0.1) is 5.82 Å². The molecule has 1 aromatic carbocycles. The van der Waals surface area contributed by atoms with E-state index < -0.39 is 0 Å². The van der Waals surface area contributed by atoms with Crippen LogP contribution in [0.3, 0.4) is 0 Å². The van der Waals surface area contributed by atoms with Gasteiger partial charge in [-0.2, -0.15) is 0 Å². The molecule has 1 aromatic rings. The van der Waals surface area contributed by atoms with Gasteiger partial charge in [0.2, 0.25) is 0 Å². The normalized spacial score (nSPS) is 23.8. The van der Waals surface area contributed by atoms with E-state index in [4.69, 9.17) is 9.47 Å². The molecule has 0 radical (unpaired) electrons. The lowest BCUT2D eigenvalue weighted by molar-refractivity contribution is 0.0315. The second-order valence-electron chi connectivity index (χ2n) is 5.39. The molecule has 3 unspecified atom stereocenters. The Labute approximate surface area is 120 Å². The smallest absolute Gasteiger partial charge is 0.165 e. The topological polar surface area (TPSA) is 30.5 Å². The van der Waals surface area contributed by atoms with Gasteiger partial charge in [0.25, 0.3) is 0 Å². The largest absolute Gasteiger partial charge is 0.494 e. The van der Waals surface area contributed by atoms with E-state index >= 15 is 0 Å². The Bertz CT molecular complexity index is 438. The number of hydrogen-bond acceptors (Lipinski definition) is 3. The number of nitrogens with one attached hydrogen (secondary N) is 1. The van der Waals surface area contributed by atoms with Crippen LogP contribution in [0.4, 0.5) is 4.39 Å². The maximum atomic E-state index is 13.9. The fourth-order valence-corrected chi connectivity index (χ4v) is 2.72. The average molecular weight is 281 g/mol. The van der Waals surface area contributed by atoms with Crippen molar-refractivity contribution >= 4 is 0 Å². The molecular weight excluding hydrogens is 257 g/mol. The van der Waals surface area contributed by atoms with Crippen LogP contribution in [0.25, 0.3) is 0 Å². The van der Waals surface area contributed by atoms with Gasteiger partial charge in [0.15, 0.2) is 11.6 Å². The van der Waals surface area contributed by atoms with Crippen molar-refractivity contribution < 1.29 is 13.9 Å². The predicted molar refractivity (Wildman–Crippen MR) is 77.6 cm³/mol. The van der Waals surface area contributed by atoms with Crippen LogP contribution >= 0.6 is 0 Å². The molecule has 4 heteroatoms. The Morgan fingerprint density at radius 1 is 1.45 bits per heavy atom. The molecule has 0 saturated carbocycles. The zero-order chi connectivity index (χ0) is 14.5. The molecule has 0 amide bonds. The maximum Gasteiger partial charge on any atom is 0.165 e. The molecule has 1 N–H and O–H groups in total. The fraction of sp³-hybridized carbons (Fsp3) is 0.625. The third-order valence-electron chi connectivity index (χ3n) is 3.79. The molecule has 0 bridgehead atoms. The van der Waals surface area contributed by atoms with E-state index in [1.54, 1.807) is 12.1 Å². The Hall–Kier alpha value is -1.13. The lowest BCUT2D eigenvalue weighted by atomic mass is 9.98. The predicted octanol–water partition coefficient (Wildman–Crippen LogP) is 3.44. The summed E-state index contributed by atoms with van der Waals surface area (Å²) in [5, 5.41) is 3.48. The van der Waals surface area contributed by atoms with Crippen LogP contribution in [-0.2, 0) is 4.74 Å². The summed E-state index contributed by atoms with van der Waals surface area (Å²) < 4.78 is 24.8. The molecule has 20 heavy (non-hydrogen) atoms. The quantitative estimate of drug-likeness (QED) is 0.866. The number of ether oxygens (including phenoxy) is 2. The minimum absolute atomic E-state index is 0.0420. The van der Waals surface area contributed by atoms with Crippen molar-refractivity contribution in [3.05, 3.63) is 29.6 Å². The highest BCUT2D eigenvalue weighted by molar-refractivity contribution is 5.31. The molecule has 1 aliphatic heterocycles. The van der Waals surface area contributed by atoms with Gasteiger partial charge in [0.1, 0.15) is 0 Å². The number of methoxy groups -OCH3 is 1. The summed E-state index contributed by atoms with van der Waals surface area (Å²) in [5.74, 6) is -0.0388. The monoisotopic (exact) mass is 281 g/mol. The van der Waals surface area contributed by atoms with Crippen molar-refractivity contribution in [2.45, 2.75) is 51.4 Å². The molecule has 3 atom stereocenters. The van der Waals surface area contributed by atoms with Crippen LogP contribution in [0.2, 0.25) is 0 Å². The second kappa shape index (κ2) is 7.04. The van der Waals surface area contributed by atoms with Gasteiger partial charge in [-0.05, 0) is 50.4 Å². The van der Waals surface area contributed by atoms with E-state index in [2.05, 4.69) is 19.2 Å². The van der Waals surface area contributed by atoms with E-state index in [9.17, 15) is 4.39 Å². The number of halogens is 1. The van der Waals surface area contributed by atoms with Gasteiger partial charge in [0.05, 0.1) is 25.4 Å². The highest BCUT2D eigenvalue weighted by Crippen LogP contribution is 2.31. The molecule has 0 aliphatic carbocycles. The molecule has 1 fully saturated rings. The van der Waals surface area contributed by atoms with Crippen molar-refractivity contribution in [1.29, 1.82) is 0 Å². The molecule has 3 nitrogen and oxygen atoms in total. The van der Waals surface area contributed by atoms with E-state index in [1.165, 1.54) is 7.11 Å². The standard InChI is InChI=1S/C16H24FNO2/c1-4-9-18-16(15-7-5-11(2)20-15)12-6-8-14(19-3)13(17)10-12/h6,8,10-11,15-16,18H,4-5,7,9H2,1-3H3. The summed E-state index contributed by atoms with van der Waals surface area (Å²) in [6.07, 6.45) is 3.51. The average Bonchev–Trinajstić information content (AvgIpc) is 2.86. The van der Waals surface area contributed by atoms with Crippen molar-refractivity contribution in [3.8, 4) is 5.75 Å². The molecule has 1 saturated heterocycles. The third-order valence-corrected chi connectivity index (χ3v) is 3.79. The number of rotatable bonds is 6. The summed E-state index contributed by atoms with van der Waals surface area (Å²) in [7, 11) is 1.48. The second-order valence-corrected chi connectivity index (χ2v) is 5.39. The lowest BCUT2D eigenvalue weighted by Gasteiger charge is -2.25. The summed E-state index contributed by atoms with van der Waals surface area (Å²) in [4.78, 5) is 0. The van der Waals surface area contributed by atoms with Crippen molar-refractivity contribution in [1.82, 2.24) is 5.32 Å². The zero-order valence-corrected chi connectivity index (χ0v) is 12.5. The Kier molecular flexibility index (Phi) is 5.38. The van der Waals surface area contributed by atoms with Gasteiger partial charge < -0.3 is 14.8 Å². The molecule has 112 valence electrons. The molecular formula is C16H24FNO2. The van der Waals surface area contributed by atoms with Crippen LogP contribution in [0.5, 0.6) is 5.75 Å². The van der Waals surface area contributed by atoms with Gasteiger partial charge in [-0.1, -0.05) is 13.0 Å². The minimum Gasteiger partial charge on any atom is -0.494 e. The fourth-order valence-electron chi connectivity index (χ4n) is 2.72. The molecule has 2 rings (SSSR count). The Morgan fingerprint density at radius 3 is 2.80 bits per heavy atom. The SMILES string of the molecule is CCCNC(c1ccc(OC)c(F)c1)C1CCC(C)O1. The summed E-state index contributed by atoms with van der Waals surface area (Å²) in [6, 6.07) is 5.20. The first kappa shape index (κ1) is 15.3. The van der Waals surface area contributed by atoms with Crippen molar-refractivity contribution in [3.63, 3.8) is 0 Å². The summed E-state index contributed by atoms with van der Waals surface area (Å²) in [6.45, 7) is 5.11. The highest BCUT2D eigenvalue weighted by atomic mass is 19.1. The van der Waals surface area contributed by atoms with Gasteiger partial charge in [-0.15, -0.1) is 0 Å². The molecule has 1 heterocycles.